The Morgan fingerprint density at radius 1 is 1.33 bits per heavy atom. The first-order valence-electron chi connectivity index (χ1n) is 6.03. The molecule has 0 radical (unpaired) electrons. The Labute approximate surface area is 119 Å². The molecule has 0 fully saturated rings. The standard InChI is InChI=1S/C12H13F3N2O3S/c1-8(6-20-7-12(13,14)15)16-11-9-4-2-3-5-10(9)21(18,19)17-11/h2-5,8H,6-7H2,1H3,(H,16,17). The van der Waals surface area contributed by atoms with Gasteiger partial charge in [0.25, 0.3) is 10.0 Å². The van der Waals surface area contributed by atoms with Crippen LogP contribution in [-0.4, -0.2) is 39.7 Å². The van der Waals surface area contributed by atoms with Crippen molar-refractivity contribution in [2.75, 3.05) is 13.2 Å². The van der Waals surface area contributed by atoms with Crippen molar-refractivity contribution in [3.05, 3.63) is 29.8 Å². The van der Waals surface area contributed by atoms with E-state index in [1.54, 1.807) is 25.1 Å². The summed E-state index contributed by atoms with van der Waals surface area (Å²) in [7, 11) is -3.65. The summed E-state index contributed by atoms with van der Waals surface area (Å²) in [4.78, 5) is 4.17. The second kappa shape index (κ2) is 5.64. The molecule has 1 atom stereocenters. The predicted molar refractivity (Wildman–Crippen MR) is 69.6 cm³/mol. The number of fused-ring (bicyclic) bond motifs is 1. The number of alkyl halides is 3. The topological polar surface area (TPSA) is 67.8 Å². The van der Waals surface area contributed by atoms with Gasteiger partial charge in [-0.05, 0) is 19.1 Å². The van der Waals surface area contributed by atoms with Crippen molar-refractivity contribution in [2.24, 2.45) is 4.99 Å². The molecule has 1 aliphatic heterocycles. The maximum atomic E-state index is 12.0. The predicted octanol–water partition coefficient (Wildman–Crippen LogP) is 1.69. The Kier molecular flexibility index (Phi) is 4.24. The molecule has 21 heavy (non-hydrogen) atoms. The fraction of sp³-hybridized carbons (Fsp3) is 0.417. The molecule has 1 aromatic carbocycles. The highest BCUT2D eigenvalue weighted by molar-refractivity contribution is 7.90. The van der Waals surface area contributed by atoms with Crippen molar-refractivity contribution < 1.29 is 26.3 Å². The Morgan fingerprint density at radius 3 is 2.67 bits per heavy atom. The molecule has 1 unspecified atom stereocenters. The molecule has 0 amide bonds. The normalized spacial score (nSPS) is 20.1. The SMILES string of the molecule is CC(COCC(F)(F)F)N=C1NS(=O)(=O)c2ccccc21. The number of rotatable bonds is 4. The van der Waals surface area contributed by atoms with E-state index in [0.717, 1.165) is 0 Å². The lowest BCUT2D eigenvalue weighted by Gasteiger charge is -2.11. The van der Waals surface area contributed by atoms with Crippen LogP contribution in [0.5, 0.6) is 0 Å². The summed E-state index contributed by atoms with van der Waals surface area (Å²) in [6.45, 7) is -0.0734. The summed E-state index contributed by atoms with van der Waals surface area (Å²) >= 11 is 0. The van der Waals surface area contributed by atoms with E-state index in [1.807, 2.05) is 0 Å². The Morgan fingerprint density at radius 2 is 2.00 bits per heavy atom. The first-order chi connectivity index (χ1) is 9.69. The van der Waals surface area contributed by atoms with Gasteiger partial charge in [0.2, 0.25) is 0 Å². The number of nitrogens with one attached hydrogen (secondary N) is 1. The highest BCUT2D eigenvalue weighted by Crippen LogP contribution is 2.22. The summed E-state index contributed by atoms with van der Waals surface area (Å²) < 4.78 is 66.3. The third-order valence-corrected chi connectivity index (χ3v) is 4.03. The number of amidine groups is 1. The molecule has 1 aromatic rings. The zero-order valence-corrected chi connectivity index (χ0v) is 11.8. The third kappa shape index (κ3) is 3.94. The molecule has 0 saturated carbocycles. The lowest BCUT2D eigenvalue weighted by molar-refractivity contribution is -0.174. The van der Waals surface area contributed by atoms with Crippen molar-refractivity contribution in [1.29, 1.82) is 0 Å². The first-order valence-corrected chi connectivity index (χ1v) is 7.52. The highest BCUT2D eigenvalue weighted by Gasteiger charge is 2.31. The highest BCUT2D eigenvalue weighted by atomic mass is 32.2. The average Bonchev–Trinajstić information content (AvgIpc) is 2.60. The molecule has 9 heteroatoms. The van der Waals surface area contributed by atoms with Gasteiger partial charge in [-0.15, -0.1) is 0 Å². The maximum Gasteiger partial charge on any atom is 0.411 e. The lowest BCUT2D eigenvalue weighted by atomic mass is 10.2. The summed E-state index contributed by atoms with van der Waals surface area (Å²) in [5.74, 6) is 0.119. The van der Waals surface area contributed by atoms with Gasteiger partial charge in [-0.25, -0.2) is 8.42 Å². The van der Waals surface area contributed by atoms with E-state index in [0.29, 0.717) is 5.56 Å². The van der Waals surface area contributed by atoms with Crippen LogP contribution in [-0.2, 0) is 14.8 Å². The number of nitrogens with zero attached hydrogens (tertiary/aromatic N) is 1. The molecule has 116 valence electrons. The van der Waals surface area contributed by atoms with Crippen molar-refractivity contribution in [3.63, 3.8) is 0 Å². The van der Waals surface area contributed by atoms with Crippen LogP contribution in [0.15, 0.2) is 34.2 Å². The van der Waals surface area contributed by atoms with Gasteiger partial charge < -0.3 is 4.74 Å². The lowest BCUT2D eigenvalue weighted by Crippen LogP contribution is -2.25. The number of hydrogen-bond acceptors (Lipinski definition) is 4. The van der Waals surface area contributed by atoms with Crippen LogP contribution in [0.3, 0.4) is 0 Å². The number of sulfonamides is 1. The van der Waals surface area contributed by atoms with Crippen LogP contribution in [0.25, 0.3) is 0 Å². The Balaban J connectivity index is 2.09. The van der Waals surface area contributed by atoms with E-state index in [1.165, 1.54) is 6.07 Å². The summed E-state index contributed by atoms with van der Waals surface area (Å²) in [5.41, 5.74) is 0.403. The van der Waals surface area contributed by atoms with Crippen molar-refractivity contribution in [2.45, 2.75) is 24.0 Å². The van der Waals surface area contributed by atoms with E-state index in [9.17, 15) is 21.6 Å². The molecule has 1 aliphatic rings. The fourth-order valence-corrected chi connectivity index (χ4v) is 3.07. The minimum atomic E-state index is -4.39. The van der Waals surface area contributed by atoms with Gasteiger partial charge in [0.15, 0.2) is 0 Å². The van der Waals surface area contributed by atoms with Crippen LogP contribution >= 0.6 is 0 Å². The van der Waals surface area contributed by atoms with Gasteiger partial charge >= 0.3 is 6.18 Å². The zero-order valence-electron chi connectivity index (χ0n) is 11.0. The number of benzene rings is 1. The van der Waals surface area contributed by atoms with Crippen LogP contribution in [0.2, 0.25) is 0 Å². The molecule has 1 N–H and O–H groups in total. The minimum Gasteiger partial charge on any atom is -0.370 e. The van der Waals surface area contributed by atoms with E-state index in [4.69, 9.17) is 0 Å². The summed E-state index contributed by atoms with van der Waals surface area (Å²) in [5, 5.41) is 0. The monoisotopic (exact) mass is 322 g/mol. The molecule has 5 nitrogen and oxygen atoms in total. The second-order valence-electron chi connectivity index (χ2n) is 4.56. The van der Waals surface area contributed by atoms with E-state index < -0.39 is 28.8 Å². The number of ether oxygens (including phenoxy) is 1. The molecule has 0 saturated heterocycles. The Hall–Kier alpha value is -1.61. The smallest absolute Gasteiger partial charge is 0.370 e. The number of aliphatic imine (C=N–C) groups is 1. The molecular formula is C12H13F3N2O3S. The molecule has 2 rings (SSSR count). The van der Waals surface area contributed by atoms with Crippen molar-refractivity contribution in [1.82, 2.24) is 4.72 Å². The molecule has 1 heterocycles. The molecule has 0 aromatic heterocycles. The Bertz CT molecular complexity index is 656. The zero-order chi connectivity index (χ0) is 15.7. The quantitative estimate of drug-likeness (QED) is 0.917. The fourth-order valence-electron chi connectivity index (χ4n) is 1.83. The van der Waals surface area contributed by atoms with E-state index >= 15 is 0 Å². The van der Waals surface area contributed by atoms with Gasteiger partial charge in [-0.2, -0.15) is 13.2 Å². The van der Waals surface area contributed by atoms with Gasteiger partial charge in [0, 0.05) is 5.56 Å². The van der Waals surface area contributed by atoms with Crippen molar-refractivity contribution in [3.8, 4) is 0 Å². The molecule has 0 aliphatic carbocycles. The van der Waals surface area contributed by atoms with Crippen LogP contribution in [0.1, 0.15) is 12.5 Å². The van der Waals surface area contributed by atoms with Gasteiger partial charge in [0.05, 0.1) is 17.5 Å². The van der Waals surface area contributed by atoms with Crippen LogP contribution in [0.4, 0.5) is 13.2 Å². The third-order valence-electron chi connectivity index (χ3n) is 2.64. The maximum absolute atomic E-state index is 12.0. The number of halogens is 3. The largest absolute Gasteiger partial charge is 0.411 e. The second-order valence-corrected chi connectivity index (χ2v) is 6.21. The molecule has 0 spiro atoms. The van der Waals surface area contributed by atoms with Crippen LogP contribution < -0.4 is 4.72 Å². The van der Waals surface area contributed by atoms with Crippen LogP contribution in [0, 0.1) is 0 Å². The first kappa shape index (κ1) is 15.8. The van der Waals surface area contributed by atoms with E-state index in [2.05, 4.69) is 14.5 Å². The average molecular weight is 322 g/mol. The molecular weight excluding hydrogens is 309 g/mol. The van der Waals surface area contributed by atoms with Gasteiger partial charge in [-0.1, -0.05) is 12.1 Å². The number of hydrogen-bond donors (Lipinski definition) is 1. The van der Waals surface area contributed by atoms with Gasteiger partial charge in [0.1, 0.15) is 12.4 Å². The van der Waals surface area contributed by atoms with Gasteiger partial charge in [-0.3, -0.25) is 9.71 Å². The summed E-state index contributed by atoms with van der Waals surface area (Å²) in [6.07, 6.45) is -4.39. The summed E-state index contributed by atoms with van der Waals surface area (Å²) in [6, 6.07) is 5.63. The van der Waals surface area contributed by atoms with E-state index in [-0.39, 0.29) is 17.3 Å². The minimum absolute atomic E-state index is 0.104. The molecule has 0 bridgehead atoms. The van der Waals surface area contributed by atoms with Crippen molar-refractivity contribution >= 4 is 15.9 Å².